The fourth-order valence-electron chi connectivity index (χ4n) is 2.58. The van der Waals surface area contributed by atoms with Gasteiger partial charge in [0, 0.05) is 29.1 Å². The Kier molecular flexibility index (Phi) is 4.81. The predicted octanol–water partition coefficient (Wildman–Crippen LogP) is 3.59. The number of Topliss-reactive ketones (excluding diaryl/α,β-unsaturated/α-hetero) is 2. The first kappa shape index (κ1) is 16.0. The van der Waals surface area contributed by atoms with Crippen LogP contribution in [0.3, 0.4) is 0 Å². The van der Waals surface area contributed by atoms with E-state index in [-0.39, 0.29) is 18.2 Å². The second-order valence-corrected chi connectivity index (χ2v) is 5.32. The van der Waals surface area contributed by atoms with Crippen LogP contribution in [0.2, 0.25) is 0 Å². The smallest absolute Gasteiger partial charge is 0.202 e. The molecule has 0 fully saturated rings. The predicted molar refractivity (Wildman–Crippen MR) is 85.9 cm³/mol. The fourth-order valence-corrected chi connectivity index (χ4v) is 2.58. The van der Waals surface area contributed by atoms with E-state index in [0.29, 0.717) is 16.9 Å². The Morgan fingerprint density at radius 1 is 1.14 bits per heavy atom. The van der Waals surface area contributed by atoms with Gasteiger partial charge in [-0.15, -0.1) is 0 Å². The molecule has 0 saturated carbocycles. The lowest BCUT2D eigenvalue weighted by molar-refractivity contribution is 0.0919. The van der Waals surface area contributed by atoms with Crippen molar-refractivity contribution in [3.63, 3.8) is 0 Å². The van der Waals surface area contributed by atoms with Crippen molar-refractivity contribution in [3.05, 3.63) is 52.8 Å². The first-order chi connectivity index (χ1) is 10.4. The minimum Gasteiger partial charge on any atom is -0.485 e. The summed E-state index contributed by atoms with van der Waals surface area (Å²) >= 11 is 0. The molecular weight excluding hydrogens is 278 g/mol. The average Bonchev–Trinajstić information content (AvgIpc) is 2.79. The van der Waals surface area contributed by atoms with Crippen molar-refractivity contribution >= 4 is 11.6 Å². The molecule has 1 heterocycles. The molecule has 1 aromatic carbocycles. The van der Waals surface area contributed by atoms with Gasteiger partial charge in [0.05, 0.1) is 0 Å². The van der Waals surface area contributed by atoms with Crippen LogP contribution in [0, 0.1) is 13.8 Å². The van der Waals surface area contributed by atoms with Crippen molar-refractivity contribution in [1.29, 1.82) is 0 Å². The zero-order chi connectivity index (χ0) is 16.3. The van der Waals surface area contributed by atoms with E-state index < -0.39 is 0 Å². The molecule has 0 N–H and O–H groups in total. The Labute approximate surface area is 130 Å². The van der Waals surface area contributed by atoms with Gasteiger partial charge in [0.25, 0.3) is 0 Å². The van der Waals surface area contributed by atoms with Crippen LogP contribution in [-0.2, 0) is 6.54 Å². The molecule has 0 amide bonds. The zero-order valence-corrected chi connectivity index (χ0v) is 13.5. The number of hydrogen-bond acceptors (Lipinski definition) is 3. The third-order valence-electron chi connectivity index (χ3n) is 3.82. The van der Waals surface area contributed by atoms with Crippen molar-refractivity contribution in [1.82, 2.24) is 4.57 Å². The van der Waals surface area contributed by atoms with E-state index >= 15 is 0 Å². The van der Waals surface area contributed by atoms with Crippen molar-refractivity contribution in [2.75, 3.05) is 6.61 Å². The van der Waals surface area contributed by atoms with Crippen LogP contribution >= 0.6 is 0 Å². The molecule has 1 aromatic heterocycles. The highest BCUT2D eigenvalue weighted by molar-refractivity contribution is 5.98. The number of ketones is 2. The summed E-state index contributed by atoms with van der Waals surface area (Å²) in [7, 11) is 0. The van der Waals surface area contributed by atoms with Gasteiger partial charge in [-0.1, -0.05) is 0 Å². The summed E-state index contributed by atoms with van der Waals surface area (Å²) in [6.07, 6.45) is 0. The van der Waals surface area contributed by atoms with Crippen molar-refractivity contribution in [3.8, 4) is 5.75 Å². The second kappa shape index (κ2) is 6.60. The number of hydrogen-bond donors (Lipinski definition) is 0. The number of benzene rings is 1. The lowest BCUT2D eigenvalue weighted by Gasteiger charge is -2.07. The van der Waals surface area contributed by atoms with Crippen LogP contribution in [0.25, 0.3) is 0 Å². The molecule has 0 radical (unpaired) electrons. The van der Waals surface area contributed by atoms with Gasteiger partial charge < -0.3 is 9.30 Å². The van der Waals surface area contributed by atoms with Crippen LogP contribution in [0.4, 0.5) is 0 Å². The Bertz CT molecular complexity index is 696. The number of ether oxygens (including phenoxy) is 1. The zero-order valence-electron chi connectivity index (χ0n) is 13.5. The number of aryl methyl sites for hydroxylation is 1. The molecule has 22 heavy (non-hydrogen) atoms. The number of carbonyl (C=O) groups is 2. The first-order valence-corrected chi connectivity index (χ1v) is 7.37. The second-order valence-electron chi connectivity index (χ2n) is 5.32. The summed E-state index contributed by atoms with van der Waals surface area (Å²) in [6.45, 7) is 8.36. The van der Waals surface area contributed by atoms with Gasteiger partial charge in [-0.25, -0.2) is 0 Å². The molecule has 0 aliphatic rings. The minimum atomic E-state index is -0.0385. The lowest BCUT2D eigenvalue weighted by atomic mass is 10.1. The summed E-state index contributed by atoms with van der Waals surface area (Å²) in [5, 5.41) is 0. The summed E-state index contributed by atoms with van der Waals surface area (Å²) in [4.78, 5) is 23.5. The van der Waals surface area contributed by atoms with Crippen molar-refractivity contribution in [2.24, 2.45) is 0 Å². The minimum absolute atomic E-state index is 0.00652. The highest BCUT2D eigenvalue weighted by Crippen LogP contribution is 2.17. The molecule has 4 heteroatoms. The van der Waals surface area contributed by atoms with Gasteiger partial charge in [-0.3, -0.25) is 9.59 Å². The largest absolute Gasteiger partial charge is 0.485 e. The highest BCUT2D eigenvalue weighted by Gasteiger charge is 2.15. The third kappa shape index (κ3) is 3.27. The molecule has 0 saturated heterocycles. The summed E-state index contributed by atoms with van der Waals surface area (Å²) in [5.41, 5.74) is 3.39. The summed E-state index contributed by atoms with van der Waals surface area (Å²) in [5.74, 6) is 0.556. The van der Waals surface area contributed by atoms with Gasteiger partial charge in [0.15, 0.2) is 12.4 Å². The quantitative estimate of drug-likeness (QED) is 0.766. The molecule has 0 aliphatic carbocycles. The molecule has 0 spiro atoms. The van der Waals surface area contributed by atoms with Gasteiger partial charge in [0.2, 0.25) is 5.78 Å². The fraction of sp³-hybridized carbons (Fsp3) is 0.333. The number of carbonyl (C=O) groups excluding carboxylic acids is 2. The van der Waals surface area contributed by atoms with Crippen molar-refractivity contribution in [2.45, 2.75) is 34.2 Å². The summed E-state index contributed by atoms with van der Waals surface area (Å²) < 4.78 is 7.63. The Hall–Kier alpha value is -2.36. The molecule has 0 atom stereocenters. The maximum atomic E-state index is 12.3. The van der Waals surface area contributed by atoms with Crippen LogP contribution in [0.5, 0.6) is 5.75 Å². The molecule has 2 aromatic rings. The van der Waals surface area contributed by atoms with E-state index in [1.165, 1.54) is 6.92 Å². The number of nitrogens with zero attached hydrogens (tertiary/aromatic N) is 1. The van der Waals surface area contributed by atoms with E-state index in [2.05, 4.69) is 11.5 Å². The van der Waals surface area contributed by atoms with Gasteiger partial charge in [-0.2, -0.15) is 0 Å². The Balaban J connectivity index is 2.05. The van der Waals surface area contributed by atoms with Gasteiger partial charge in [0.1, 0.15) is 5.75 Å². The van der Waals surface area contributed by atoms with Crippen LogP contribution in [0.15, 0.2) is 30.3 Å². The number of aromatic nitrogens is 1. The van der Waals surface area contributed by atoms with Crippen LogP contribution in [-0.4, -0.2) is 22.7 Å². The lowest BCUT2D eigenvalue weighted by Crippen LogP contribution is -2.13. The Morgan fingerprint density at radius 2 is 1.77 bits per heavy atom. The van der Waals surface area contributed by atoms with E-state index in [0.717, 1.165) is 17.9 Å². The number of rotatable bonds is 6. The molecule has 2 rings (SSSR count). The van der Waals surface area contributed by atoms with Gasteiger partial charge >= 0.3 is 0 Å². The van der Waals surface area contributed by atoms with E-state index in [1.54, 1.807) is 24.3 Å². The first-order valence-electron chi connectivity index (χ1n) is 7.37. The third-order valence-corrected chi connectivity index (χ3v) is 3.82. The normalized spacial score (nSPS) is 10.5. The van der Waals surface area contributed by atoms with Crippen molar-refractivity contribution < 1.29 is 14.3 Å². The maximum Gasteiger partial charge on any atom is 0.202 e. The highest BCUT2D eigenvalue weighted by atomic mass is 16.5. The molecule has 0 aliphatic heterocycles. The monoisotopic (exact) mass is 299 g/mol. The standard InChI is InChI=1S/C18H21NO3/c1-5-19-12(2)10-17(13(19)3)18(21)11-22-16-8-6-15(7-9-16)14(4)20/h6-10H,5,11H2,1-4H3. The van der Waals surface area contributed by atoms with E-state index in [9.17, 15) is 9.59 Å². The molecule has 116 valence electrons. The van der Waals surface area contributed by atoms with Gasteiger partial charge in [-0.05, 0) is 58.0 Å². The van der Waals surface area contributed by atoms with Crippen LogP contribution in [0.1, 0.15) is 46.0 Å². The molecule has 4 nitrogen and oxygen atoms in total. The SMILES string of the molecule is CCn1c(C)cc(C(=O)COc2ccc(C(C)=O)cc2)c1C. The molecular formula is C18H21NO3. The summed E-state index contributed by atoms with van der Waals surface area (Å²) in [6, 6.07) is 8.72. The topological polar surface area (TPSA) is 48.3 Å². The Morgan fingerprint density at radius 3 is 2.27 bits per heavy atom. The molecule has 0 bridgehead atoms. The van der Waals surface area contributed by atoms with E-state index in [4.69, 9.17) is 4.74 Å². The molecule has 0 unspecified atom stereocenters. The maximum absolute atomic E-state index is 12.3. The van der Waals surface area contributed by atoms with E-state index in [1.807, 2.05) is 19.9 Å². The average molecular weight is 299 g/mol. The van der Waals surface area contributed by atoms with Crippen LogP contribution < -0.4 is 4.74 Å².